The first kappa shape index (κ1) is 13.7. The minimum Gasteiger partial charge on any atom is -0.458 e. The number of carbonyl (C=O) groups excluding carboxylic acids is 1. The van der Waals surface area contributed by atoms with Gasteiger partial charge in [-0.05, 0) is 22.3 Å². The Labute approximate surface area is 119 Å². The number of benzene rings is 2. The summed E-state index contributed by atoms with van der Waals surface area (Å²) < 4.78 is 41.2. The Balaban J connectivity index is 1.91. The lowest BCUT2D eigenvalue weighted by molar-refractivity contribution is -0.199. The summed E-state index contributed by atoms with van der Waals surface area (Å²) in [6.07, 6.45) is -4.96. The summed E-state index contributed by atoms with van der Waals surface area (Å²) >= 11 is 0. The lowest BCUT2D eigenvalue weighted by Crippen LogP contribution is -2.27. The third-order valence-corrected chi connectivity index (χ3v) is 3.58. The third-order valence-electron chi connectivity index (χ3n) is 3.58. The highest BCUT2D eigenvalue weighted by Gasteiger charge is 2.42. The van der Waals surface area contributed by atoms with Crippen LogP contribution >= 0.6 is 0 Å². The van der Waals surface area contributed by atoms with Crippen molar-refractivity contribution in [2.75, 3.05) is 6.61 Å². The molecule has 0 heterocycles. The van der Waals surface area contributed by atoms with E-state index in [0.29, 0.717) is 0 Å². The topological polar surface area (TPSA) is 26.3 Å². The number of esters is 1. The van der Waals surface area contributed by atoms with Gasteiger partial charge in [0.15, 0.2) is 0 Å². The van der Waals surface area contributed by atoms with Crippen LogP contribution in [0.3, 0.4) is 0 Å². The van der Waals surface area contributed by atoms with E-state index in [2.05, 4.69) is 4.74 Å². The number of hydrogen-bond acceptors (Lipinski definition) is 2. The lowest BCUT2D eigenvalue weighted by atomic mass is 9.98. The predicted molar refractivity (Wildman–Crippen MR) is 70.7 cm³/mol. The summed E-state index contributed by atoms with van der Waals surface area (Å²) in [7, 11) is 0. The molecule has 0 unspecified atom stereocenters. The number of carbonyl (C=O) groups is 1. The summed E-state index contributed by atoms with van der Waals surface area (Å²) in [6.45, 7) is -0.313. The molecule has 0 aliphatic heterocycles. The Morgan fingerprint density at radius 2 is 1.43 bits per heavy atom. The molecule has 1 aliphatic carbocycles. The number of hydrogen-bond donors (Lipinski definition) is 0. The van der Waals surface area contributed by atoms with E-state index in [1.165, 1.54) is 0 Å². The van der Waals surface area contributed by atoms with Crippen molar-refractivity contribution in [3.8, 4) is 11.1 Å². The van der Waals surface area contributed by atoms with Crippen molar-refractivity contribution >= 4 is 5.97 Å². The van der Waals surface area contributed by atoms with Gasteiger partial charge < -0.3 is 4.74 Å². The number of ether oxygens (including phenoxy) is 1. The Bertz CT molecular complexity index is 646. The SMILES string of the molecule is O=C(OCC1c2ccccc2-c2ccccc21)C(F)(F)F. The van der Waals surface area contributed by atoms with Gasteiger partial charge in [0.1, 0.15) is 6.61 Å². The number of alkyl halides is 3. The van der Waals surface area contributed by atoms with E-state index >= 15 is 0 Å². The molecule has 0 bridgehead atoms. The molecule has 0 spiro atoms. The minimum atomic E-state index is -4.96. The largest absolute Gasteiger partial charge is 0.490 e. The molecule has 108 valence electrons. The van der Waals surface area contributed by atoms with Gasteiger partial charge in [-0.3, -0.25) is 0 Å². The van der Waals surface area contributed by atoms with Gasteiger partial charge in [-0.2, -0.15) is 13.2 Å². The van der Waals surface area contributed by atoms with Gasteiger partial charge >= 0.3 is 12.1 Å². The number of halogens is 3. The molecule has 21 heavy (non-hydrogen) atoms. The van der Waals surface area contributed by atoms with Crippen LogP contribution in [-0.4, -0.2) is 18.8 Å². The molecule has 1 aliphatic rings. The average Bonchev–Trinajstić information content (AvgIpc) is 2.78. The van der Waals surface area contributed by atoms with E-state index in [9.17, 15) is 18.0 Å². The molecule has 2 nitrogen and oxygen atoms in total. The fourth-order valence-corrected chi connectivity index (χ4v) is 2.68. The van der Waals surface area contributed by atoms with Crippen LogP contribution < -0.4 is 0 Å². The first-order chi connectivity index (χ1) is 9.98. The Morgan fingerprint density at radius 3 is 1.90 bits per heavy atom. The first-order valence-corrected chi connectivity index (χ1v) is 6.40. The second-order valence-electron chi connectivity index (χ2n) is 4.82. The summed E-state index contributed by atoms with van der Waals surface area (Å²) in [5.41, 5.74) is 3.71. The summed E-state index contributed by atoms with van der Waals surface area (Å²) in [5, 5.41) is 0. The highest BCUT2D eigenvalue weighted by Crippen LogP contribution is 2.44. The zero-order valence-electron chi connectivity index (χ0n) is 10.9. The van der Waals surface area contributed by atoms with E-state index in [-0.39, 0.29) is 12.5 Å². The van der Waals surface area contributed by atoms with E-state index in [1.807, 2.05) is 48.5 Å². The van der Waals surface area contributed by atoms with Crippen molar-refractivity contribution < 1.29 is 22.7 Å². The zero-order chi connectivity index (χ0) is 15.0. The molecule has 0 aromatic heterocycles. The maximum Gasteiger partial charge on any atom is 0.490 e. The standard InChI is InChI=1S/C16H11F3O2/c17-16(18,19)15(20)21-9-14-12-7-3-1-5-10(12)11-6-2-4-8-13(11)14/h1-8,14H,9H2. The van der Waals surface area contributed by atoms with E-state index in [1.54, 1.807) is 0 Å². The van der Waals surface area contributed by atoms with Crippen molar-refractivity contribution in [3.63, 3.8) is 0 Å². The van der Waals surface area contributed by atoms with Gasteiger partial charge in [-0.25, -0.2) is 4.79 Å². The van der Waals surface area contributed by atoms with Crippen molar-refractivity contribution in [1.82, 2.24) is 0 Å². The Kier molecular flexibility index (Phi) is 3.20. The maximum atomic E-state index is 12.2. The average molecular weight is 292 g/mol. The minimum absolute atomic E-state index is 0.313. The van der Waals surface area contributed by atoms with Gasteiger partial charge in [-0.1, -0.05) is 48.5 Å². The summed E-state index contributed by atoms with van der Waals surface area (Å²) in [6, 6.07) is 14.9. The van der Waals surface area contributed by atoms with Gasteiger partial charge in [0.2, 0.25) is 0 Å². The highest BCUT2D eigenvalue weighted by atomic mass is 19.4. The monoisotopic (exact) mass is 292 g/mol. The highest BCUT2D eigenvalue weighted by molar-refractivity contribution is 5.79. The predicted octanol–water partition coefficient (Wildman–Crippen LogP) is 3.90. The van der Waals surface area contributed by atoms with E-state index < -0.39 is 12.1 Å². The molecule has 0 amide bonds. The van der Waals surface area contributed by atoms with Crippen LogP contribution in [0.1, 0.15) is 17.0 Å². The van der Waals surface area contributed by atoms with Crippen LogP contribution in [0.2, 0.25) is 0 Å². The van der Waals surface area contributed by atoms with Crippen LogP contribution in [0.4, 0.5) is 13.2 Å². The van der Waals surface area contributed by atoms with Crippen molar-refractivity contribution in [3.05, 3.63) is 59.7 Å². The van der Waals surface area contributed by atoms with Crippen LogP contribution in [0.15, 0.2) is 48.5 Å². The fraction of sp³-hybridized carbons (Fsp3) is 0.188. The molecule has 3 rings (SSSR count). The lowest BCUT2D eigenvalue weighted by Gasteiger charge is -2.14. The zero-order valence-corrected chi connectivity index (χ0v) is 10.9. The second kappa shape index (κ2) is 4.91. The first-order valence-electron chi connectivity index (χ1n) is 6.40. The molecule has 0 N–H and O–H groups in total. The molecular weight excluding hydrogens is 281 g/mol. The van der Waals surface area contributed by atoms with Crippen LogP contribution in [-0.2, 0) is 9.53 Å². The maximum absolute atomic E-state index is 12.2. The van der Waals surface area contributed by atoms with E-state index in [0.717, 1.165) is 22.3 Å². The summed E-state index contributed by atoms with van der Waals surface area (Å²) in [5.74, 6) is -2.51. The van der Waals surface area contributed by atoms with Gasteiger partial charge in [0.05, 0.1) is 0 Å². The van der Waals surface area contributed by atoms with Crippen molar-refractivity contribution in [1.29, 1.82) is 0 Å². The molecular formula is C16H11F3O2. The molecule has 0 atom stereocenters. The van der Waals surface area contributed by atoms with Crippen LogP contribution in [0.5, 0.6) is 0 Å². The van der Waals surface area contributed by atoms with Crippen molar-refractivity contribution in [2.24, 2.45) is 0 Å². The molecule has 5 heteroatoms. The third kappa shape index (κ3) is 2.39. The molecule has 2 aromatic carbocycles. The summed E-state index contributed by atoms with van der Waals surface area (Å²) in [4.78, 5) is 10.9. The number of rotatable bonds is 2. The van der Waals surface area contributed by atoms with E-state index in [4.69, 9.17) is 0 Å². The Morgan fingerprint density at radius 1 is 0.952 bits per heavy atom. The Hall–Kier alpha value is -2.30. The van der Waals surface area contributed by atoms with Gasteiger partial charge in [0.25, 0.3) is 0 Å². The van der Waals surface area contributed by atoms with Crippen LogP contribution in [0.25, 0.3) is 11.1 Å². The number of fused-ring (bicyclic) bond motifs is 3. The van der Waals surface area contributed by atoms with Gasteiger partial charge in [-0.15, -0.1) is 0 Å². The molecule has 0 saturated heterocycles. The quantitative estimate of drug-likeness (QED) is 0.785. The smallest absolute Gasteiger partial charge is 0.458 e. The normalized spacial score (nSPS) is 13.7. The molecule has 2 aromatic rings. The molecule has 0 saturated carbocycles. The van der Waals surface area contributed by atoms with Crippen molar-refractivity contribution in [2.45, 2.75) is 12.1 Å². The molecule has 0 fully saturated rings. The van der Waals surface area contributed by atoms with Crippen LogP contribution in [0, 0.1) is 0 Å². The second-order valence-corrected chi connectivity index (χ2v) is 4.82. The fourth-order valence-electron chi connectivity index (χ4n) is 2.68. The molecule has 0 radical (unpaired) electrons. The van der Waals surface area contributed by atoms with Gasteiger partial charge in [0, 0.05) is 5.92 Å².